The number of benzene rings is 2. The molecule has 0 saturated heterocycles. The van der Waals surface area contributed by atoms with Crippen LogP contribution in [0.4, 0.5) is 0 Å². The fourth-order valence-corrected chi connectivity index (χ4v) is 3.49. The van der Waals surface area contributed by atoms with E-state index in [-0.39, 0.29) is 0 Å². The van der Waals surface area contributed by atoms with E-state index in [0.29, 0.717) is 6.54 Å². The van der Waals surface area contributed by atoms with Gasteiger partial charge in [0.25, 0.3) is 0 Å². The maximum Gasteiger partial charge on any atom is 0.0206 e. The molecule has 2 rings (SSSR count). The van der Waals surface area contributed by atoms with Crippen molar-refractivity contribution in [3.05, 3.63) is 83.4 Å². The molecule has 6 nitrogen and oxygen atoms in total. The predicted molar refractivity (Wildman–Crippen MR) is 142 cm³/mol. The summed E-state index contributed by atoms with van der Waals surface area (Å²) in [5.41, 5.74) is 10.8. The highest BCUT2D eigenvalue weighted by Crippen LogP contribution is 2.06. The van der Waals surface area contributed by atoms with Crippen LogP contribution in [0.2, 0.25) is 0 Å². The molecule has 182 valence electrons. The van der Waals surface area contributed by atoms with Crippen molar-refractivity contribution in [1.29, 1.82) is 0 Å². The molecular formula is C27H44N6. The molecule has 0 aliphatic carbocycles. The minimum Gasteiger partial charge on any atom is -0.329 e. The molecule has 0 spiro atoms. The van der Waals surface area contributed by atoms with Crippen LogP contribution in [0, 0.1) is 0 Å². The van der Waals surface area contributed by atoms with Crippen LogP contribution in [0.5, 0.6) is 0 Å². The van der Waals surface area contributed by atoms with Crippen LogP contribution in [0.15, 0.2) is 61.2 Å². The van der Waals surface area contributed by atoms with Crippen LogP contribution in [0.1, 0.15) is 22.3 Å². The van der Waals surface area contributed by atoms with Crippen molar-refractivity contribution in [2.45, 2.75) is 25.9 Å². The number of rotatable bonds is 20. The van der Waals surface area contributed by atoms with Crippen molar-refractivity contribution in [1.82, 2.24) is 26.6 Å². The van der Waals surface area contributed by atoms with Gasteiger partial charge in [0.1, 0.15) is 0 Å². The van der Waals surface area contributed by atoms with Crippen molar-refractivity contribution in [2.24, 2.45) is 5.73 Å². The Bertz CT molecular complexity index is 729. The first-order chi connectivity index (χ1) is 16.3. The van der Waals surface area contributed by atoms with Gasteiger partial charge in [-0.1, -0.05) is 54.6 Å². The highest BCUT2D eigenvalue weighted by Gasteiger charge is 1.97. The summed E-state index contributed by atoms with van der Waals surface area (Å²) >= 11 is 0. The number of hydrogen-bond acceptors (Lipinski definition) is 6. The van der Waals surface area contributed by atoms with Gasteiger partial charge in [-0.2, -0.15) is 0 Å². The summed E-state index contributed by atoms with van der Waals surface area (Å²) in [4.78, 5) is 0. The average molecular weight is 453 g/mol. The molecule has 6 heteroatoms. The van der Waals surface area contributed by atoms with Crippen molar-refractivity contribution in [2.75, 3.05) is 58.9 Å². The maximum absolute atomic E-state index is 5.46. The third kappa shape index (κ3) is 13.3. The third-order valence-electron chi connectivity index (χ3n) is 5.43. The van der Waals surface area contributed by atoms with E-state index in [1.54, 1.807) is 0 Å². The Labute approximate surface area is 200 Å². The van der Waals surface area contributed by atoms with Gasteiger partial charge >= 0.3 is 0 Å². The molecule has 0 radical (unpaired) electrons. The Balaban J connectivity index is 1.40. The standard InChI is InChI=1S/C27H44N6/c1-2-3-24-4-6-25(7-5-24)12-14-29-16-17-31-19-21-33-23-27-10-8-26(9-11-27)22-32-20-18-30-15-13-28/h2,4-11,29-33H,1,3,12-23,28H2. The van der Waals surface area contributed by atoms with Gasteiger partial charge in [0, 0.05) is 65.4 Å². The van der Waals surface area contributed by atoms with Crippen molar-refractivity contribution < 1.29 is 0 Å². The van der Waals surface area contributed by atoms with Crippen molar-refractivity contribution >= 4 is 0 Å². The van der Waals surface area contributed by atoms with Gasteiger partial charge in [0.2, 0.25) is 0 Å². The molecule has 0 fully saturated rings. The summed E-state index contributed by atoms with van der Waals surface area (Å²) in [6, 6.07) is 17.7. The van der Waals surface area contributed by atoms with E-state index in [2.05, 4.69) is 81.7 Å². The predicted octanol–water partition coefficient (Wildman–Crippen LogP) is 1.56. The molecule has 2 aromatic carbocycles. The van der Waals surface area contributed by atoms with Gasteiger partial charge in [0.15, 0.2) is 0 Å². The van der Waals surface area contributed by atoms with Crippen LogP contribution in [-0.4, -0.2) is 58.9 Å². The summed E-state index contributed by atoms with van der Waals surface area (Å²) < 4.78 is 0. The maximum atomic E-state index is 5.46. The smallest absolute Gasteiger partial charge is 0.0206 e. The monoisotopic (exact) mass is 452 g/mol. The second-order valence-corrected chi connectivity index (χ2v) is 8.27. The lowest BCUT2D eigenvalue weighted by Gasteiger charge is -2.09. The second kappa shape index (κ2) is 18.4. The molecule has 0 aliphatic rings. The molecule has 0 atom stereocenters. The second-order valence-electron chi connectivity index (χ2n) is 8.27. The molecule has 0 heterocycles. The van der Waals surface area contributed by atoms with E-state index in [9.17, 15) is 0 Å². The largest absolute Gasteiger partial charge is 0.329 e. The Kier molecular flexibility index (Phi) is 15.1. The lowest BCUT2D eigenvalue weighted by molar-refractivity contribution is 0.581. The Hall–Kier alpha value is -2.06. The Morgan fingerprint density at radius 3 is 1.48 bits per heavy atom. The normalized spacial score (nSPS) is 11.1. The summed E-state index contributed by atoms with van der Waals surface area (Å²) in [6.45, 7) is 14.0. The molecule has 33 heavy (non-hydrogen) atoms. The highest BCUT2D eigenvalue weighted by molar-refractivity contribution is 5.24. The van der Waals surface area contributed by atoms with Gasteiger partial charge < -0.3 is 32.3 Å². The van der Waals surface area contributed by atoms with E-state index in [1.807, 2.05) is 6.08 Å². The van der Waals surface area contributed by atoms with E-state index in [4.69, 9.17) is 5.73 Å². The Morgan fingerprint density at radius 1 is 0.545 bits per heavy atom. The van der Waals surface area contributed by atoms with E-state index < -0.39 is 0 Å². The molecule has 0 saturated carbocycles. The lowest BCUT2D eigenvalue weighted by atomic mass is 10.1. The number of nitrogens with two attached hydrogens (primary N) is 1. The fourth-order valence-electron chi connectivity index (χ4n) is 3.49. The van der Waals surface area contributed by atoms with Crippen LogP contribution in [-0.2, 0) is 25.9 Å². The summed E-state index contributed by atoms with van der Waals surface area (Å²) in [7, 11) is 0. The highest BCUT2D eigenvalue weighted by atomic mass is 15.0. The molecule has 7 N–H and O–H groups in total. The summed E-state index contributed by atoms with van der Waals surface area (Å²) in [5.74, 6) is 0. The van der Waals surface area contributed by atoms with E-state index in [1.165, 1.54) is 22.3 Å². The minimum atomic E-state index is 0.690. The van der Waals surface area contributed by atoms with Gasteiger partial charge in [-0.25, -0.2) is 0 Å². The quantitative estimate of drug-likeness (QED) is 0.135. The van der Waals surface area contributed by atoms with Crippen LogP contribution in [0.25, 0.3) is 0 Å². The van der Waals surface area contributed by atoms with Crippen LogP contribution < -0.4 is 32.3 Å². The van der Waals surface area contributed by atoms with E-state index >= 15 is 0 Å². The number of allylic oxidation sites excluding steroid dienone is 1. The minimum absolute atomic E-state index is 0.690. The van der Waals surface area contributed by atoms with Gasteiger partial charge in [-0.05, 0) is 41.6 Å². The zero-order valence-electron chi connectivity index (χ0n) is 20.2. The van der Waals surface area contributed by atoms with Crippen LogP contribution >= 0.6 is 0 Å². The summed E-state index contributed by atoms with van der Waals surface area (Å²) in [5, 5.41) is 17.2. The van der Waals surface area contributed by atoms with E-state index in [0.717, 1.165) is 78.3 Å². The molecular weight excluding hydrogens is 408 g/mol. The molecule has 0 amide bonds. The molecule has 0 aliphatic heterocycles. The average Bonchev–Trinajstić information content (AvgIpc) is 2.84. The molecule has 2 aromatic rings. The SMILES string of the molecule is C=CCc1ccc(CCNCCNCCNCc2ccc(CNCCNCCN)cc2)cc1. The molecule has 0 aromatic heterocycles. The first-order valence-corrected chi connectivity index (χ1v) is 12.3. The van der Waals surface area contributed by atoms with Crippen molar-refractivity contribution in [3.63, 3.8) is 0 Å². The number of hydrogen-bond donors (Lipinski definition) is 6. The van der Waals surface area contributed by atoms with Gasteiger partial charge in [-0.15, -0.1) is 6.58 Å². The first kappa shape index (κ1) is 27.2. The van der Waals surface area contributed by atoms with Crippen LogP contribution in [0.3, 0.4) is 0 Å². The zero-order chi connectivity index (χ0) is 23.4. The fraction of sp³-hybridized carbons (Fsp3) is 0.481. The summed E-state index contributed by atoms with van der Waals surface area (Å²) in [6.07, 6.45) is 3.95. The Morgan fingerprint density at radius 2 is 0.970 bits per heavy atom. The number of nitrogens with one attached hydrogen (secondary N) is 5. The first-order valence-electron chi connectivity index (χ1n) is 12.3. The zero-order valence-corrected chi connectivity index (χ0v) is 20.2. The topological polar surface area (TPSA) is 86.2 Å². The lowest BCUT2D eigenvalue weighted by Crippen LogP contribution is -2.33. The third-order valence-corrected chi connectivity index (χ3v) is 5.43. The van der Waals surface area contributed by atoms with Gasteiger partial charge in [-0.3, -0.25) is 0 Å². The molecule has 0 unspecified atom stereocenters. The van der Waals surface area contributed by atoms with Gasteiger partial charge in [0.05, 0.1) is 0 Å². The molecule has 0 bridgehead atoms. The van der Waals surface area contributed by atoms with Crippen molar-refractivity contribution in [3.8, 4) is 0 Å².